The van der Waals surface area contributed by atoms with Gasteiger partial charge in [0.15, 0.2) is 6.61 Å². The van der Waals surface area contributed by atoms with Gasteiger partial charge in [0, 0.05) is 26.7 Å². The molecule has 0 saturated carbocycles. The number of nitrogens with one attached hydrogen (secondary N) is 2. The van der Waals surface area contributed by atoms with Crippen molar-refractivity contribution in [2.75, 3.05) is 30.7 Å². The molecular formula is C19H23N3O5S. The Morgan fingerprint density at radius 2 is 1.75 bits per heavy atom. The first-order valence-corrected chi connectivity index (χ1v) is 9.91. The van der Waals surface area contributed by atoms with Gasteiger partial charge in [0.1, 0.15) is 5.75 Å². The number of sulfonamides is 1. The number of carbonyl (C=O) groups is 2. The van der Waals surface area contributed by atoms with Crippen molar-refractivity contribution in [1.29, 1.82) is 0 Å². The molecular weight excluding hydrogens is 382 g/mol. The van der Waals surface area contributed by atoms with Crippen LogP contribution in [-0.4, -0.2) is 45.8 Å². The van der Waals surface area contributed by atoms with Crippen molar-refractivity contribution < 1.29 is 22.7 Å². The van der Waals surface area contributed by atoms with Crippen molar-refractivity contribution in [1.82, 2.24) is 4.90 Å². The van der Waals surface area contributed by atoms with E-state index in [1.807, 2.05) is 0 Å². The van der Waals surface area contributed by atoms with E-state index in [9.17, 15) is 18.0 Å². The van der Waals surface area contributed by atoms with Crippen molar-refractivity contribution in [2.24, 2.45) is 0 Å². The lowest BCUT2D eigenvalue weighted by Crippen LogP contribution is -2.27. The highest BCUT2D eigenvalue weighted by Crippen LogP contribution is 2.24. The largest absolute Gasteiger partial charge is 0.483 e. The lowest BCUT2D eigenvalue weighted by Gasteiger charge is -2.14. The molecule has 2 amide bonds. The fraction of sp³-hybridized carbons (Fsp3) is 0.263. The summed E-state index contributed by atoms with van der Waals surface area (Å²) in [4.78, 5) is 24.2. The smallest absolute Gasteiger partial charge is 0.261 e. The number of hydrogen-bond donors (Lipinski definition) is 2. The van der Waals surface area contributed by atoms with Gasteiger partial charge in [0.05, 0.1) is 10.6 Å². The summed E-state index contributed by atoms with van der Waals surface area (Å²) in [6, 6.07) is 10.8. The van der Waals surface area contributed by atoms with Gasteiger partial charge in [-0.15, -0.1) is 0 Å². The average Bonchev–Trinajstić information content (AvgIpc) is 2.59. The molecule has 0 saturated heterocycles. The maximum atomic E-state index is 12.7. The zero-order valence-corrected chi connectivity index (χ0v) is 17.0. The summed E-state index contributed by atoms with van der Waals surface area (Å²) in [5.41, 5.74) is 1.39. The quantitative estimate of drug-likeness (QED) is 0.735. The minimum Gasteiger partial charge on any atom is -0.483 e. The minimum absolute atomic E-state index is 0.0567. The predicted octanol–water partition coefficient (Wildman–Crippen LogP) is 2.22. The molecule has 0 aromatic heterocycles. The summed E-state index contributed by atoms with van der Waals surface area (Å²) >= 11 is 0. The molecule has 0 heterocycles. The van der Waals surface area contributed by atoms with Gasteiger partial charge in [-0.3, -0.25) is 14.3 Å². The van der Waals surface area contributed by atoms with E-state index in [-0.39, 0.29) is 23.3 Å². The highest BCUT2D eigenvalue weighted by atomic mass is 32.2. The summed E-state index contributed by atoms with van der Waals surface area (Å²) < 4.78 is 33.2. The Kier molecular flexibility index (Phi) is 6.63. The Labute approximate surface area is 164 Å². The Morgan fingerprint density at radius 3 is 2.36 bits per heavy atom. The van der Waals surface area contributed by atoms with E-state index in [0.717, 1.165) is 0 Å². The van der Waals surface area contributed by atoms with Gasteiger partial charge in [-0.1, -0.05) is 6.07 Å². The van der Waals surface area contributed by atoms with Crippen LogP contribution in [0.15, 0.2) is 47.4 Å². The first-order chi connectivity index (χ1) is 13.1. The Morgan fingerprint density at radius 1 is 1.07 bits per heavy atom. The molecule has 8 nitrogen and oxygen atoms in total. The fourth-order valence-electron chi connectivity index (χ4n) is 2.30. The van der Waals surface area contributed by atoms with E-state index in [0.29, 0.717) is 22.7 Å². The van der Waals surface area contributed by atoms with Crippen LogP contribution in [0.4, 0.5) is 11.4 Å². The first kappa shape index (κ1) is 21.2. The second kappa shape index (κ2) is 8.75. The van der Waals surface area contributed by atoms with Crippen LogP contribution in [0.2, 0.25) is 0 Å². The van der Waals surface area contributed by atoms with Gasteiger partial charge < -0.3 is 15.0 Å². The van der Waals surface area contributed by atoms with Crippen molar-refractivity contribution >= 4 is 33.2 Å². The number of hydrogen-bond acceptors (Lipinski definition) is 5. The predicted molar refractivity (Wildman–Crippen MR) is 107 cm³/mol. The molecule has 0 atom stereocenters. The molecule has 2 rings (SSSR count). The topological polar surface area (TPSA) is 105 Å². The van der Waals surface area contributed by atoms with Gasteiger partial charge in [0.25, 0.3) is 15.9 Å². The highest BCUT2D eigenvalue weighted by Gasteiger charge is 2.16. The average molecular weight is 405 g/mol. The third-order valence-corrected chi connectivity index (χ3v) is 5.12. The van der Waals surface area contributed by atoms with Gasteiger partial charge in [-0.25, -0.2) is 8.42 Å². The summed E-state index contributed by atoms with van der Waals surface area (Å²) in [5.74, 6) is -0.0161. The Balaban J connectivity index is 2.16. The number of anilines is 2. The standard InChI is InChI=1S/C19H23N3O5S/c1-13-10-17(8-9-18(13)27-12-19(24)22(3)4)28(25,26)21-16-7-5-6-15(11-16)20-14(2)23/h5-11,21H,12H2,1-4H3,(H,20,23). The lowest BCUT2D eigenvalue weighted by molar-refractivity contribution is -0.130. The maximum Gasteiger partial charge on any atom is 0.261 e. The number of nitrogens with zero attached hydrogens (tertiary/aromatic N) is 1. The molecule has 0 radical (unpaired) electrons. The van der Waals surface area contributed by atoms with E-state index in [4.69, 9.17) is 4.74 Å². The van der Waals surface area contributed by atoms with Crippen molar-refractivity contribution in [3.8, 4) is 5.75 Å². The molecule has 28 heavy (non-hydrogen) atoms. The highest BCUT2D eigenvalue weighted by molar-refractivity contribution is 7.92. The van der Waals surface area contributed by atoms with E-state index in [1.54, 1.807) is 39.2 Å². The third-order valence-electron chi connectivity index (χ3n) is 3.74. The second-order valence-corrected chi connectivity index (χ2v) is 8.05. The van der Waals surface area contributed by atoms with E-state index < -0.39 is 10.0 Å². The summed E-state index contributed by atoms with van der Waals surface area (Å²) in [6.45, 7) is 2.94. The van der Waals surface area contributed by atoms with Crippen molar-refractivity contribution in [2.45, 2.75) is 18.7 Å². The zero-order valence-electron chi connectivity index (χ0n) is 16.1. The number of likely N-dealkylation sites (N-methyl/N-ethyl adjacent to an activating group) is 1. The van der Waals surface area contributed by atoms with Crippen LogP contribution in [0.5, 0.6) is 5.75 Å². The van der Waals surface area contributed by atoms with Crippen LogP contribution in [0, 0.1) is 6.92 Å². The molecule has 0 bridgehead atoms. The molecule has 0 spiro atoms. The number of carbonyl (C=O) groups excluding carboxylic acids is 2. The zero-order chi connectivity index (χ0) is 20.9. The molecule has 0 aliphatic rings. The normalized spacial score (nSPS) is 10.9. The number of ether oxygens (including phenoxy) is 1. The fourth-order valence-corrected chi connectivity index (χ4v) is 3.43. The molecule has 9 heteroatoms. The molecule has 0 aliphatic heterocycles. The minimum atomic E-state index is -3.84. The van der Waals surface area contributed by atoms with Crippen LogP contribution in [0.3, 0.4) is 0 Å². The maximum absolute atomic E-state index is 12.7. The Hall–Kier alpha value is -3.07. The van der Waals surface area contributed by atoms with Gasteiger partial charge in [-0.05, 0) is 48.9 Å². The number of benzene rings is 2. The molecule has 2 aromatic carbocycles. The second-order valence-electron chi connectivity index (χ2n) is 6.37. The van der Waals surface area contributed by atoms with Crippen LogP contribution in [0.1, 0.15) is 12.5 Å². The summed E-state index contributed by atoms with van der Waals surface area (Å²) in [7, 11) is -0.584. The molecule has 0 unspecified atom stereocenters. The van der Waals surface area contributed by atoms with Crippen LogP contribution < -0.4 is 14.8 Å². The van der Waals surface area contributed by atoms with E-state index >= 15 is 0 Å². The third kappa shape index (κ3) is 5.71. The summed E-state index contributed by atoms with van der Waals surface area (Å²) in [6.07, 6.45) is 0. The molecule has 0 fully saturated rings. The Bertz CT molecular complexity index is 987. The summed E-state index contributed by atoms with van der Waals surface area (Å²) in [5, 5.41) is 2.60. The number of aryl methyl sites for hydroxylation is 1. The van der Waals surface area contributed by atoms with Crippen LogP contribution in [-0.2, 0) is 19.6 Å². The van der Waals surface area contributed by atoms with E-state index in [2.05, 4.69) is 10.0 Å². The SMILES string of the molecule is CC(=O)Nc1cccc(NS(=O)(=O)c2ccc(OCC(=O)N(C)C)c(C)c2)c1. The van der Waals surface area contributed by atoms with Crippen molar-refractivity contribution in [3.05, 3.63) is 48.0 Å². The van der Waals surface area contributed by atoms with Gasteiger partial charge >= 0.3 is 0 Å². The number of amides is 2. The molecule has 0 aliphatic carbocycles. The molecule has 150 valence electrons. The van der Waals surface area contributed by atoms with Gasteiger partial charge in [0.2, 0.25) is 5.91 Å². The number of rotatable bonds is 7. The monoisotopic (exact) mass is 405 g/mol. The van der Waals surface area contributed by atoms with Crippen LogP contribution in [0.25, 0.3) is 0 Å². The van der Waals surface area contributed by atoms with E-state index in [1.165, 1.54) is 36.1 Å². The van der Waals surface area contributed by atoms with Gasteiger partial charge in [-0.2, -0.15) is 0 Å². The lowest BCUT2D eigenvalue weighted by atomic mass is 10.2. The van der Waals surface area contributed by atoms with Crippen molar-refractivity contribution in [3.63, 3.8) is 0 Å². The molecule has 2 aromatic rings. The molecule has 2 N–H and O–H groups in total. The van der Waals surface area contributed by atoms with Crippen LogP contribution >= 0.6 is 0 Å². The first-order valence-electron chi connectivity index (χ1n) is 8.42.